The highest BCUT2D eigenvalue weighted by molar-refractivity contribution is 5.49. The maximum absolute atomic E-state index is 9.57. The normalized spacial score (nSPS) is 11.0. The number of anilines is 1. The van der Waals surface area contributed by atoms with Crippen molar-refractivity contribution in [2.45, 2.75) is 39.8 Å². The fourth-order valence-corrected chi connectivity index (χ4v) is 2.31. The highest BCUT2D eigenvalue weighted by atomic mass is 16.3. The molecule has 0 aliphatic rings. The second kappa shape index (κ2) is 6.68. The Kier molecular flexibility index (Phi) is 4.91. The quantitative estimate of drug-likeness (QED) is 0.917. The van der Waals surface area contributed by atoms with Gasteiger partial charge in [0.25, 0.3) is 0 Å². The van der Waals surface area contributed by atoms with E-state index in [2.05, 4.69) is 46.1 Å². The Hall–Kier alpha value is -1.94. The minimum atomic E-state index is -0.0737. The predicted octanol–water partition coefficient (Wildman–Crippen LogP) is 3.04. The maximum atomic E-state index is 9.57. The van der Waals surface area contributed by atoms with Gasteiger partial charge < -0.3 is 10.0 Å². The highest BCUT2D eigenvalue weighted by Gasteiger charge is 2.12. The van der Waals surface area contributed by atoms with Gasteiger partial charge >= 0.3 is 0 Å². The molecule has 0 spiro atoms. The van der Waals surface area contributed by atoms with E-state index < -0.39 is 0 Å². The summed E-state index contributed by atoms with van der Waals surface area (Å²) in [7, 11) is 2.00. The van der Waals surface area contributed by atoms with E-state index in [1.165, 1.54) is 11.1 Å². The molecule has 4 nitrogen and oxygen atoms in total. The molecule has 21 heavy (non-hydrogen) atoms. The molecule has 1 aromatic heterocycles. The Balaban J connectivity index is 2.24. The van der Waals surface area contributed by atoms with Crippen LogP contribution in [0.1, 0.15) is 42.4 Å². The zero-order chi connectivity index (χ0) is 15.4. The largest absolute Gasteiger partial charge is 0.390 e. The summed E-state index contributed by atoms with van der Waals surface area (Å²) in [5.74, 6) is 1.03. The number of rotatable bonds is 5. The molecule has 1 aromatic carbocycles. The number of nitrogens with zero attached hydrogens (tertiary/aromatic N) is 3. The predicted molar refractivity (Wildman–Crippen MR) is 85.3 cm³/mol. The van der Waals surface area contributed by atoms with Crippen LogP contribution in [0.15, 0.2) is 30.5 Å². The van der Waals surface area contributed by atoms with E-state index in [9.17, 15) is 5.11 Å². The molecule has 0 fully saturated rings. The van der Waals surface area contributed by atoms with Gasteiger partial charge in [0.1, 0.15) is 5.82 Å². The van der Waals surface area contributed by atoms with Gasteiger partial charge in [-0.05, 0) is 12.5 Å². The van der Waals surface area contributed by atoms with Crippen LogP contribution in [0.5, 0.6) is 0 Å². The third-order valence-electron chi connectivity index (χ3n) is 3.44. The van der Waals surface area contributed by atoms with E-state index in [0.717, 1.165) is 18.1 Å². The summed E-state index contributed by atoms with van der Waals surface area (Å²) in [6, 6.07) is 8.41. The summed E-state index contributed by atoms with van der Waals surface area (Å²) < 4.78 is 0. The second-order valence-corrected chi connectivity index (χ2v) is 5.72. The van der Waals surface area contributed by atoms with Gasteiger partial charge in [0, 0.05) is 19.5 Å². The lowest BCUT2D eigenvalue weighted by atomic mass is 10.1. The molecule has 0 bridgehead atoms. The first kappa shape index (κ1) is 15.4. The van der Waals surface area contributed by atoms with Crippen molar-refractivity contribution in [3.05, 3.63) is 53.1 Å². The number of benzene rings is 1. The van der Waals surface area contributed by atoms with Crippen molar-refractivity contribution in [1.29, 1.82) is 0 Å². The third-order valence-corrected chi connectivity index (χ3v) is 3.44. The van der Waals surface area contributed by atoms with Crippen LogP contribution in [0.4, 0.5) is 5.69 Å². The standard InChI is InChI=1S/C17H23N3O/c1-12(2)17-18-9-16(15(11-21)19-17)20(4)10-14-7-5-6-13(3)8-14/h5-9,12,21H,10-11H2,1-4H3. The molecule has 0 aliphatic carbocycles. The number of hydrogen-bond acceptors (Lipinski definition) is 4. The molecule has 0 saturated heterocycles. The van der Waals surface area contributed by atoms with Gasteiger partial charge in [0.2, 0.25) is 0 Å². The van der Waals surface area contributed by atoms with E-state index in [-0.39, 0.29) is 12.5 Å². The molecule has 4 heteroatoms. The average molecular weight is 285 g/mol. The molecule has 0 unspecified atom stereocenters. The topological polar surface area (TPSA) is 49.2 Å². The molecule has 0 amide bonds. The second-order valence-electron chi connectivity index (χ2n) is 5.72. The molecule has 1 N–H and O–H groups in total. The number of aliphatic hydroxyl groups excluding tert-OH is 1. The van der Waals surface area contributed by atoms with E-state index >= 15 is 0 Å². The average Bonchev–Trinajstić information content (AvgIpc) is 2.46. The SMILES string of the molecule is Cc1cccc(CN(C)c2cnc(C(C)C)nc2CO)c1. The summed E-state index contributed by atoms with van der Waals surface area (Å²) in [5.41, 5.74) is 4.04. The maximum Gasteiger partial charge on any atom is 0.131 e. The van der Waals surface area contributed by atoms with Crippen LogP contribution in [-0.2, 0) is 13.2 Å². The van der Waals surface area contributed by atoms with Crippen LogP contribution in [0.25, 0.3) is 0 Å². The summed E-state index contributed by atoms with van der Waals surface area (Å²) in [4.78, 5) is 10.9. The Morgan fingerprint density at radius 3 is 2.67 bits per heavy atom. The lowest BCUT2D eigenvalue weighted by Gasteiger charge is -2.22. The molecule has 0 atom stereocenters. The summed E-state index contributed by atoms with van der Waals surface area (Å²) in [5, 5.41) is 9.57. The van der Waals surface area contributed by atoms with E-state index in [4.69, 9.17) is 0 Å². The molecule has 1 heterocycles. The summed E-state index contributed by atoms with van der Waals surface area (Å²) in [6.45, 7) is 6.87. The van der Waals surface area contributed by atoms with E-state index in [0.29, 0.717) is 5.69 Å². The minimum Gasteiger partial charge on any atom is -0.390 e. The van der Waals surface area contributed by atoms with Crippen LogP contribution < -0.4 is 4.90 Å². The van der Waals surface area contributed by atoms with Crippen molar-refractivity contribution in [2.24, 2.45) is 0 Å². The Morgan fingerprint density at radius 1 is 1.29 bits per heavy atom. The fourth-order valence-electron chi connectivity index (χ4n) is 2.31. The minimum absolute atomic E-state index is 0.0737. The van der Waals surface area contributed by atoms with Crippen molar-refractivity contribution in [2.75, 3.05) is 11.9 Å². The van der Waals surface area contributed by atoms with Crippen LogP contribution in [0.3, 0.4) is 0 Å². The van der Waals surface area contributed by atoms with Crippen molar-refractivity contribution in [3.8, 4) is 0 Å². The third kappa shape index (κ3) is 3.79. The van der Waals surface area contributed by atoms with Crippen molar-refractivity contribution < 1.29 is 5.11 Å². The molecule has 2 rings (SSSR count). The van der Waals surface area contributed by atoms with Crippen molar-refractivity contribution in [1.82, 2.24) is 9.97 Å². The van der Waals surface area contributed by atoms with Gasteiger partial charge in [-0.25, -0.2) is 9.97 Å². The molecule has 0 radical (unpaired) electrons. The molecule has 112 valence electrons. The van der Waals surface area contributed by atoms with Gasteiger partial charge in [0.15, 0.2) is 0 Å². The molecular formula is C17H23N3O. The van der Waals surface area contributed by atoms with Crippen molar-refractivity contribution >= 4 is 5.69 Å². The Morgan fingerprint density at radius 2 is 2.05 bits per heavy atom. The van der Waals surface area contributed by atoms with Crippen LogP contribution >= 0.6 is 0 Å². The van der Waals surface area contributed by atoms with Gasteiger partial charge in [-0.1, -0.05) is 43.7 Å². The Bertz CT molecular complexity index is 611. The zero-order valence-corrected chi connectivity index (χ0v) is 13.2. The Labute approximate surface area is 126 Å². The summed E-state index contributed by atoms with van der Waals surface area (Å²) in [6.07, 6.45) is 1.81. The van der Waals surface area contributed by atoms with E-state index in [1.54, 1.807) is 0 Å². The first-order chi connectivity index (χ1) is 10.0. The van der Waals surface area contributed by atoms with Crippen molar-refractivity contribution in [3.63, 3.8) is 0 Å². The van der Waals surface area contributed by atoms with E-state index in [1.807, 2.05) is 27.1 Å². The van der Waals surface area contributed by atoms with Crippen LogP contribution in [-0.4, -0.2) is 22.1 Å². The lowest BCUT2D eigenvalue weighted by Crippen LogP contribution is -2.20. The van der Waals surface area contributed by atoms with Gasteiger partial charge in [0.05, 0.1) is 24.2 Å². The number of hydrogen-bond donors (Lipinski definition) is 1. The number of aryl methyl sites for hydroxylation is 1. The lowest BCUT2D eigenvalue weighted by molar-refractivity contribution is 0.276. The molecule has 2 aromatic rings. The van der Waals surface area contributed by atoms with Gasteiger partial charge in [-0.15, -0.1) is 0 Å². The van der Waals surface area contributed by atoms with Gasteiger partial charge in [-0.3, -0.25) is 0 Å². The number of aromatic nitrogens is 2. The van der Waals surface area contributed by atoms with Crippen LogP contribution in [0, 0.1) is 6.92 Å². The zero-order valence-electron chi connectivity index (χ0n) is 13.2. The summed E-state index contributed by atoms with van der Waals surface area (Å²) >= 11 is 0. The molecular weight excluding hydrogens is 262 g/mol. The fraction of sp³-hybridized carbons (Fsp3) is 0.412. The smallest absolute Gasteiger partial charge is 0.131 e. The van der Waals surface area contributed by atoms with Crippen LogP contribution in [0.2, 0.25) is 0 Å². The first-order valence-electron chi connectivity index (χ1n) is 7.24. The molecule has 0 saturated carbocycles. The number of aliphatic hydroxyl groups is 1. The van der Waals surface area contributed by atoms with Gasteiger partial charge in [-0.2, -0.15) is 0 Å². The first-order valence-corrected chi connectivity index (χ1v) is 7.24. The monoisotopic (exact) mass is 285 g/mol. The molecule has 0 aliphatic heterocycles. The highest BCUT2D eigenvalue weighted by Crippen LogP contribution is 2.21.